The number of amides is 1. The van der Waals surface area contributed by atoms with Crippen LogP contribution in [0.15, 0.2) is 47.1 Å². The number of aromatic nitrogens is 1. The topological polar surface area (TPSA) is 42.0 Å². The molecule has 0 saturated heterocycles. The lowest BCUT2D eigenvalue weighted by atomic mass is 10.1. The van der Waals surface area contributed by atoms with Crippen molar-refractivity contribution in [1.29, 1.82) is 0 Å². The fraction of sp³-hybridized carbons (Fsp3) is 0.0769. The zero-order chi connectivity index (χ0) is 12.3. The molecule has 0 aliphatic heterocycles. The number of anilines is 1. The van der Waals surface area contributed by atoms with Crippen LogP contribution in [0.4, 0.5) is 5.82 Å². The molecule has 0 radical (unpaired) electrons. The predicted octanol–water partition coefficient (Wildman–Crippen LogP) is 3.40. The van der Waals surface area contributed by atoms with Crippen LogP contribution in [0.5, 0.6) is 0 Å². The molecule has 1 amide bonds. The molecule has 0 aliphatic carbocycles. The molecule has 0 unspecified atom stereocenters. The average Bonchev–Trinajstić information content (AvgIpc) is 2.34. The van der Waals surface area contributed by atoms with E-state index in [0.717, 1.165) is 10.0 Å². The van der Waals surface area contributed by atoms with Crippen molar-refractivity contribution in [3.8, 4) is 0 Å². The Balaban J connectivity index is 2.24. The second-order valence-corrected chi connectivity index (χ2v) is 4.44. The first-order chi connectivity index (χ1) is 8.18. The van der Waals surface area contributed by atoms with Gasteiger partial charge >= 0.3 is 0 Å². The van der Waals surface area contributed by atoms with Crippen LogP contribution in [-0.4, -0.2) is 10.9 Å². The number of carbonyl (C=O) groups is 1. The smallest absolute Gasteiger partial charge is 0.257 e. The van der Waals surface area contributed by atoms with Crippen molar-refractivity contribution in [2.24, 2.45) is 0 Å². The SMILES string of the molecule is Cc1c(Br)cccc1C(=O)Nc1ccccn1. The molecule has 3 nitrogen and oxygen atoms in total. The Kier molecular flexibility index (Phi) is 3.54. The van der Waals surface area contributed by atoms with Gasteiger partial charge in [0.2, 0.25) is 0 Å². The van der Waals surface area contributed by atoms with Crippen molar-refractivity contribution in [1.82, 2.24) is 4.98 Å². The van der Waals surface area contributed by atoms with Gasteiger partial charge in [-0.25, -0.2) is 4.98 Å². The minimum Gasteiger partial charge on any atom is -0.307 e. The lowest BCUT2D eigenvalue weighted by molar-refractivity contribution is 0.102. The number of hydrogen-bond donors (Lipinski definition) is 1. The summed E-state index contributed by atoms with van der Waals surface area (Å²) in [4.78, 5) is 16.1. The zero-order valence-corrected chi connectivity index (χ0v) is 10.9. The first-order valence-electron chi connectivity index (χ1n) is 5.16. The molecule has 0 fully saturated rings. The van der Waals surface area contributed by atoms with Gasteiger partial charge in [0.05, 0.1) is 0 Å². The normalized spacial score (nSPS) is 10.0. The summed E-state index contributed by atoms with van der Waals surface area (Å²) in [6, 6.07) is 10.9. The van der Waals surface area contributed by atoms with E-state index in [1.807, 2.05) is 25.1 Å². The molecule has 1 N–H and O–H groups in total. The number of carbonyl (C=O) groups excluding carboxylic acids is 1. The number of nitrogens with zero attached hydrogens (tertiary/aromatic N) is 1. The van der Waals surface area contributed by atoms with Gasteiger partial charge in [-0.2, -0.15) is 0 Å². The lowest BCUT2D eigenvalue weighted by Gasteiger charge is -2.07. The number of benzene rings is 1. The van der Waals surface area contributed by atoms with Crippen molar-refractivity contribution in [2.75, 3.05) is 5.32 Å². The van der Waals surface area contributed by atoms with Crippen molar-refractivity contribution in [3.05, 3.63) is 58.2 Å². The maximum Gasteiger partial charge on any atom is 0.257 e. The number of hydrogen-bond acceptors (Lipinski definition) is 2. The maximum atomic E-state index is 12.0. The van der Waals surface area contributed by atoms with Crippen molar-refractivity contribution in [2.45, 2.75) is 6.92 Å². The van der Waals surface area contributed by atoms with Gasteiger partial charge in [0.25, 0.3) is 5.91 Å². The van der Waals surface area contributed by atoms with E-state index in [9.17, 15) is 4.79 Å². The Morgan fingerprint density at radius 3 is 2.76 bits per heavy atom. The zero-order valence-electron chi connectivity index (χ0n) is 9.27. The fourth-order valence-corrected chi connectivity index (χ4v) is 1.84. The minimum absolute atomic E-state index is 0.150. The van der Waals surface area contributed by atoms with Crippen molar-refractivity contribution < 1.29 is 4.79 Å². The van der Waals surface area contributed by atoms with Crippen LogP contribution in [0.2, 0.25) is 0 Å². The molecule has 1 aromatic heterocycles. The number of rotatable bonds is 2. The molecule has 2 rings (SSSR count). The molecule has 86 valence electrons. The summed E-state index contributed by atoms with van der Waals surface area (Å²) in [7, 11) is 0. The van der Waals surface area contributed by atoms with Crippen molar-refractivity contribution in [3.63, 3.8) is 0 Å². The van der Waals surface area contributed by atoms with Gasteiger partial charge in [-0.15, -0.1) is 0 Å². The standard InChI is InChI=1S/C13H11BrN2O/c1-9-10(5-4-6-11(9)14)13(17)16-12-7-2-3-8-15-12/h2-8H,1H3,(H,15,16,17). The highest BCUT2D eigenvalue weighted by atomic mass is 79.9. The van der Waals surface area contributed by atoms with Crippen LogP contribution in [-0.2, 0) is 0 Å². The van der Waals surface area contributed by atoms with E-state index < -0.39 is 0 Å². The van der Waals surface area contributed by atoms with E-state index in [0.29, 0.717) is 11.4 Å². The number of halogens is 1. The second kappa shape index (κ2) is 5.10. The highest BCUT2D eigenvalue weighted by Crippen LogP contribution is 2.20. The molecule has 0 atom stereocenters. The highest BCUT2D eigenvalue weighted by molar-refractivity contribution is 9.10. The fourth-order valence-electron chi connectivity index (χ4n) is 1.47. The van der Waals surface area contributed by atoms with Gasteiger partial charge in [0.15, 0.2) is 0 Å². The summed E-state index contributed by atoms with van der Waals surface area (Å²) in [5.74, 6) is 0.402. The third-order valence-electron chi connectivity index (χ3n) is 2.42. The van der Waals surface area contributed by atoms with Gasteiger partial charge in [-0.05, 0) is 36.8 Å². The van der Waals surface area contributed by atoms with Gasteiger partial charge in [0, 0.05) is 16.2 Å². The van der Waals surface area contributed by atoms with E-state index in [2.05, 4.69) is 26.2 Å². The summed E-state index contributed by atoms with van der Waals surface area (Å²) in [5.41, 5.74) is 1.56. The molecule has 0 saturated carbocycles. The molecule has 2 aromatic rings. The van der Waals surface area contributed by atoms with E-state index >= 15 is 0 Å². The monoisotopic (exact) mass is 290 g/mol. The van der Waals surface area contributed by atoms with E-state index in [4.69, 9.17) is 0 Å². The Labute approximate surface area is 108 Å². The summed E-state index contributed by atoms with van der Waals surface area (Å²) in [6.07, 6.45) is 1.64. The van der Waals surface area contributed by atoms with Gasteiger partial charge < -0.3 is 5.32 Å². The largest absolute Gasteiger partial charge is 0.307 e. The number of nitrogens with one attached hydrogen (secondary N) is 1. The molecule has 0 spiro atoms. The van der Waals surface area contributed by atoms with Gasteiger partial charge in [0.1, 0.15) is 5.82 Å². The molecule has 0 aliphatic rings. The second-order valence-electron chi connectivity index (χ2n) is 3.58. The first kappa shape index (κ1) is 11.8. The van der Waals surface area contributed by atoms with Crippen LogP contribution in [0.1, 0.15) is 15.9 Å². The Morgan fingerprint density at radius 2 is 2.06 bits per heavy atom. The first-order valence-corrected chi connectivity index (χ1v) is 5.95. The summed E-state index contributed by atoms with van der Waals surface area (Å²) in [6.45, 7) is 1.90. The Hall–Kier alpha value is -1.68. The average molecular weight is 291 g/mol. The van der Waals surface area contributed by atoms with Gasteiger partial charge in [-0.3, -0.25) is 4.79 Å². The van der Waals surface area contributed by atoms with Crippen LogP contribution >= 0.6 is 15.9 Å². The summed E-state index contributed by atoms with van der Waals surface area (Å²) < 4.78 is 0.922. The Bertz CT molecular complexity index is 540. The third kappa shape index (κ3) is 2.71. The molecule has 0 bridgehead atoms. The van der Waals surface area contributed by atoms with Crippen molar-refractivity contribution >= 4 is 27.7 Å². The number of pyridine rings is 1. The van der Waals surface area contributed by atoms with Crippen LogP contribution < -0.4 is 5.32 Å². The molecule has 17 heavy (non-hydrogen) atoms. The van der Waals surface area contributed by atoms with E-state index in [1.165, 1.54) is 0 Å². The molecule has 4 heteroatoms. The lowest BCUT2D eigenvalue weighted by Crippen LogP contribution is -2.14. The minimum atomic E-state index is -0.150. The quantitative estimate of drug-likeness (QED) is 0.921. The molecule has 1 heterocycles. The van der Waals surface area contributed by atoms with Crippen LogP contribution in [0.25, 0.3) is 0 Å². The predicted molar refractivity (Wildman–Crippen MR) is 71.1 cm³/mol. The molecular formula is C13H11BrN2O. The van der Waals surface area contributed by atoms with Crippen LogP contribution in [0, 0.1) is 6.92 Å². The third-order valence-corrected chi connectivity index (χ3v) is 3.28. The van der Waals surface area contributed by atoms with Gasteiger partial charge in [-0.1, -0.05) is 28.1 Å². The summed E-state index contributed by atoms with van der Waals surface area (Å²) in [5, 5.41) is 2.76. The molecule has 1 aromatic carbocycles. The molecular weight excluding hydrogens is 280 g/mol. The van der Waals surface area contributed by atoms with Crippen LogP contribution in [0.3, 0.4) is 0 Å². The van der Waals surface area contributed by atoms with E-state index in [1.54, 1.807) is 24.4 Å². The highest BCUT2D eigenvalue weighted by Gasteiger charge is 2.10. The summed E-state index contributed by atoms with van der Waals surface area (Å²) >= 11 is 3.40. The maximum absolute atomic E-state index is 12.0. The van der Waals surface area contributed by atoms with E-state index in [-0.39, 0.29) is 5.91 Å². The Morgan fingerprint density at radius 1 is 1.24 bits per heavy atom.